The molecule has 2 aromatic carbocycles. The van der Waals surface area contributed by atoms with Crippen LogP contribution in [0.4, 0.5) is 0 Å². The standard InChI is InChI=1S/C21H22N4O2/c1-23-11-13-25(14-12-23)20(26)16-9-7-15(8-10-16)19-17-5-3-4-6-18(17)21(27)24(2)22-19/h3-10H,11-14H2,1-2H3/p+1. The fourth-order valence-corrected chi connectivity index (χ4v) is 3.56. The lowest BCUT2D eigenvalue weighted by Gasteiger charge is -2.30. The molecule has 0 aliphatic carbocycles. The molecule has 0 unspecified atom stereocenters. The number of quaternary nitrogens is 1. The van der Waals surface area contributed by atoms with Gasteiger partial charge in [0, 0.05) is 23.6 Å². The van der Waals surface area contributed by atoms with Gasteiger partial charge in [0.2, 0.25) is 0 Å². The molecular formula is C21H23N4O2+. The van der Waals surface area contributed by atoms with Crippen molar-refractivity contribution in [3.63, 3.8) is 0 Å². The van der Waals surface area contributed by atoms with Gasteiger partial charge in [0.1, 0.15) is 0 Å². The Kier molecular flexibility index (Phi) is 4.49. The summed E-state index contributed by atoms with van der Waals surface area (Å²) in [4.78, 5) is 28.4. The van der Waals surface area contributed by atoms with Gasteiger partial charge >= 0.3 is 0 Å². The molecule has 1 fully saturated rings. The van der Waals surface area contributed by atoms with Gasteiger partial charge in [0.25, 0.3) is 11.5 Å². The number of hydrogen-bond acceptors (Lipinski definition) is 3. The molecular weight excluding hydrogens is 340 g/mol. The first-order valence-electron chi connectivity index (χ1n) is 9.21. The van der Waals surface area contributed by atoms with Gasteiger partial charge in [-0.2, -0.15) is 5.10 Å². The second-order valence-electron chi connectivity index (χ2n) is 7.15. The van der Waals surface area contributed by atoms with Crippen LogP contribution >= 0.6 is 0 Å². The van der Waals surface area contributed by atoms with Crippen molar-refractivity contribution in [1.29, 1.82) is 0 Å². The second-order valence-corrected chi connectivity index (χ2v) is 7.15. The van der Waals surface area contributed by atoms with E-state index in [1.807, 2.05) is 53.4 Å². The van der Waals surface area contributed by atoms with Crippen LogP contribution in [0.25, 0.3) is 22.0 Å². The number of aromatic nitrogens is 2. The zero-order valence-electron chi connectivity index (χ0n) is 15.6. The number of carbonyl (C=O) groups excluding carboxylic acids is 1. The number of rotatable bonds is 2. The molecule has 2 heterocycles. The van der Waals surface area contributed by atoms with Crippen molar-refractivity contribution in [2.24, 2.45) is 7.05 Å². The van der Waals surface area contributed by atoms with Crippen molar-refractivity contribution < 1.29 is 9.69 Å². The van der Waals surface area contributed by atoms with Gasteiger partial charge < -0.3 is 9.80 Å². The summed E-state index contributed by atoms with van der Waals surface area (Å²) in [5.41, 5.74) is 2.21. The Hall–Kier alpha value is -2.99. The van der Waals surface area contributed by atoms with Crippen LogP contribution < -0.4 is 10.5 Å². The number of amides is 1. The summed E-state index contributed by atoms with van der Waals surface area (Å²) in [5, 5.41) is 5.91. The predicted octanol–water partition coefficient (Wildman–Crippen LogP) is 0.571. The fourth-order valence-electron chi connectivity index (χ4n) is 3.56. The van der Waals surface area contributed by atoms with Crippen molar-refractivity contribution in [2.45, 2.75) is 0 Å². The smallest absolute Gasteiger partial charge is 0.274 e. The zero-order valence-corrected chi connectivity index (χ0v) is 15.6. The Labute approximate surface area is 157 Å². The lowest BCUT2D eigenvalue weighted by molar-refractivity contribution is -0.883. The van der Waals surface area contributed by atoms with Crippen molar-refractivity contribution in [3.05, 3.63) is 64.4 Å². The number of aryl methyl sites for hydroxylation is 1. The molecule has 3 aromatic rings. The van der Waals surface area contributed by atoms with E-state index < -0.39 is 0 Å². The molecule has 27 heavy (non-hydrogen) atoms. The maximum atomic E-state index is 12.7. The average Bonchev–Trinajstić information content (AvgIpc) is 2.71. The number of nitrogens with zero attached hydrogens (tertiary/aromatic N) is 3. The van der Waals surface area contributed by atoms with E-state index in [2.05, 4.69) is 12.1 Å². The van der Waals surface area contributed by atoms with Gasteiger partial charge in [0.15, 0.2) is 0 Å². The average molecular weight is 363 g/mol. The quantitative estimate of drug-likeness (QED) is 0.724. The minimum absolute atomic E-state index is 0.0762. The summed E-state index contributed by atoms with van der Waals surface area (Å²) in [7, 11) is 3.81. The highest BCUT2D eigenvalue weighted by Gasteiger charge is 2.22. The van der Waals surface area contributed by atoms with Crippen molar-refractivity contribution >= 4 is 16.7 Å². The summed E-state index contributed by atoms with van der Waals surface area (Å²) < 4.78 is 1.36. The van der Waals surface area contributed by atoms with E-state index in [9.17, 15) is 9.59 Å². The van der Waals surface area contributed by atoms with Crippen LogP contribution in [0.2, 0.25) is 0 Å². The molecule has 4 rings (SSSR count). The fraction of sp³-hybridized carbons (Fsp3) is 0.286. The summed E-state index contributed by atoms with van der Waals surface area (Å²) in [6.07, 6.45) is 0. The number of hydrogen-bond donors (Lipinski definition) is 1. The van der Waals surface area contributed by atoms with Crippen LogP contribution in [0.1, 0.15) is 10.4 Å². The van der Waals surface area contributed by atoms with Gasteiger partial charge in [-0.05, 0) is 18.2 Å². The molecule has 0 spiro atoms. The monoisotopic (exact) mass is 363 g/mol. The highest BCUT2D eigenvalue weighted by Crippen LogP contribution is 2.25. The molecule has 0 radical (unpaired) electrons. The van der Waals surface area contributed by atoms with E-state index in [4.69, 9.17) is 0 Å². The number of fused-ring (bicyclic) bond motifs is 1. The van der Waals surface area contributed by atoms with E-state index in [1.165, 1.54) is 9.58 Å². The van der Waals surface area contributed by atoms with Crippen molar-refractivity contribution in [3.8, 4) is 11.3 Å². The molecule has 6 nitrogen and oxygen atoms in total. The molecule has 1 aromatic heterocycles. The first kappa shape index (κ1) is 17.4. The maximum absolute atomic E-state index is 12.7. The van der Waals surface area contributed by atoms with Gasteiger partial charge in [-0.3, -0.25) is 9.59 Å². The summed E-state index contributed by atoms with van der Waals surface area (Å²) >= 11 is 0. The Morgan fingerprint density at radius 2 is 1.63 bits per heavy atom. The summed E-state index contributed by atoms with van der Waals surface area (Å²) in [6.45, 7) is 3.55. The van der Waals surface area contributed by atoms with E-state index in [-0.39, 0.29) is 11.5 Å². The highest BCUT2D eigenvalue weighted by atomic mass is 16.2. The van der Waals surface area contributed by atoms with Gasteiger partial charge in [-0.1, -0.05) is 30.3 Å². The van der Waals surface area contributed by atoms with Crippen LogP contribution in [0, 0.1) is 0 Å². The Morgan fingerprint density at radius 1 is 1.00 bits per heavy atom. The minimum Gasteiger partial charge on any atom is -0.334 e. The van der Waals surface area contributed by atoms with Gasteiger partial charge in [-0.25, -0.2) is 4.68 Å². The molecule has 1 aliphatic rings. The molecule has 0 bridgehead atoms. The zero-order chi connectivity index (χ0) is 19.0. The Bertz CT molecular complexity index is 1050. The van der Waals surface area contributed by atoms with E-state index in [0.717, 1.165) is 42.8 Å². The first-order chi connectivity index (χ1) is 13.0. The Morgan fingerprint density at radius 3 is 2.30 bits per heavy atom. The largest absolute Gasteiger partial charge is 0.334 e. The molecule has 1 aliphatic heterocycles. The third-order valence-electron chi connectivity index (χ3n) is 5.27. The molecule has 0 saturated carbocycles. The molecule has 6 heteroatoms. The lowest BCUT2D eigenvalue weighted by Crippen LogP contribution is -3.12. The van der Waals surface area contributed by atoms with E-state index >= 15 is 0 Å². The predicted molar refractivity (Wildman–Crippen MR) is 105 cm³/mol. The first-order valence-corrected chi connectivity index (χ1v) is 9.21. The number of nitrogens with one attached hydrogen (secondary N) is 1. The minimum atomic E-state index is -0.113. The SMILES string of the molecule is Cn1nc(-c2ccc(C(=O)N3CC[NH+](C)CC3)cc2)c2ccccc2c1=O. The van der Waals surface area contributed by atoms with Crippen LogP contribution in [0.5, 0.6) is 0 Å². The maximum Gasteiger partial charge on any atom is 0.274 e. The Balaban J connectivity index is 1.67. The number of benzene rings is 2. The third-order valence-corrected chi connectivity index (χ3v) is 5.27. The van der Waals surface area contributed by atoms with Gasteiger partial charge in [0.05, 0.1) is 44.3 Å². The van der Waals surface area contributed by atoms with E-state index in [0.29, 0.717) is 10.9 Å². The third kappa shape index (κ3) is 3.24. The molecule has 1 N–H and O–H groups in total. The topological polar surface area (TPSA) is 59.6 Å². The van der Waals surface area contributed by atoms with Crippen LogP contribution in [-0.4, -0.2) is 53.8 Å². The van der Waals surface area contributed by atoms with Crippen LogP contribution in [-0.2, 0) is 7.05 Å². The van der Waals surface area contributed by atoms with Gasteiger partial charge in [-0.15, -0.1) is 0 Å². The number of piperazine rings is 1. The summed E-state index contributed by atoms with van der Waals surface area (Å²) in [6, 6.07) is 15.0. The second kappa shape index (κ2) is 6.96. The lowest BCUT2D eigenvalue weighted by atomic mass is 10.0. The molecule has 1 amide bonds. The highest BCUT2D eigenvalue weighted by molar-refractivity contribution is 5.96. The van der Waals surface area contributed by atoms with Crippen LogP contribution in [0.3, 0.4) is 0 Å². The number of carbonyl (C=O) groups is 1. The number of likely N-dealkylation sites (N-methyl/N-ethyl adjacent to an activating group) is 1. The molecule has 0 atom stereocenters. The molecule has 138 valence electrons. The summed E-state index contributed by atoms with van der Waals surface area (Å²) in [5.74, 6) is 0.0762. The van der Waals surface area contributed by atoms with Crippen molar-refractivity contribution in [1.82, 2.24) is 14.7 Å². The normalized spacial score (nSPS) is 15.3. The molecule has 1 saturated heterocycles. The van der Waals surface area contributed by atoms with Crippen molar-refractivity contribution in [2.75, 3.05) is 33.2 Å². The van der Waals surface area contributed by atoms with Crippen LogP contribution in [0.15, 0.2) is 53.3 Å². The van der Waals surface area contributed by atoms with E-state index in [1.54, 1.807) is 7.05 Å².